The van der Waals surface area contributed by atoms with Gasteiger partial charge in [-0.3, -0.25) is 0 Å². The largest absolute Gasteiger partial charge is 0.378 e. The summed E-state index contributed by atoms with van der Waals surface area (Å²) in [4.78, 5) is 0. The van der Waals surface area contributed by atoms with Gasteiger partial charge in [0.05, 0.1) is 29.3 Å². The lowest BCUT2D eigenvalue weighted by Crippen LogP contribution is -2.34. The number of nitrogens with one attached hydrogen (secondary N) is 1. The second kappa shape index (κ2) is 4.49. The molecule has 0 saturated carbocycles. The molecule has 1 fully saturated rings. The van der Waals surface area contributed by atoms with Crippen molar-refractivity contribution >= 4 is 23.2 Å². The summed E-state index contributed by atoms with van der Waals surface area (Å²) in [5, 5.41) is 4.54. The van der Waals surface area contributed by atoms with Crippen molar-refractivity contribution in [2.24, 2.45) is 0 Å². The van der Waals surface area contributed by atoms with Crippen molar-refractivity contribution in [2.75, 3.05) is 19.8 Å². The van der Waals surface area contributed by atoms with Crippen LogP contribution in [0.4, 0.5) is 0 Å². The number of halogens is 2. The predicted molar refractivity (Wildman–Crippen MR) is 58.0 cm³/mol. The van der Waals surface area contributed by atoms with E-state index in [1.807, 2.05) is 18.2 Å². The van der Waals surface area contributed by atoms with Crippen molar-refractivity contribution < 1.29 is 4.74 Å². The van der Waals surface area contributed by atoms with Crippen LogP contribution in [0.2, 0.25) is 10.0 Å². The molecule has 0 amide bonds. The molecule has 0 aliphatic carbocycles. The summed E-state index contributed by atoms with van der Waals surface area (Å²) in [7, 11) is 0. The quantitative estimate of drug-likeness (QED) is 0.803. The first-order valence-corrected chi connectivity index (χ1v) is 5.29. The highest BCUT2D eigenvalue weighted by atomic mass is 35.5. The molecule has 0 spiro atoms. The summed E-state index contributed by atoms with van der Waals surface area (Å²) in [6, 6.07) is 5.91. The van der Waals surface area contributed by atoms with E-state index >= 15 is 0 Å². The predicted octanol–water partition coefficient (Wildman–Crippen LogP) is 2.65. The zero-order valence-electron chi connectivity index (χ0n) is 7.59. The van der Waals surface area contributed by atoms with E-state index in [4.69, 9.17) is 27.9 Å². The van der Waals surface area contributed by atoms with Crippen molar-refractivity contribution in [3.05, 3.63) is 33.8 Å². The van der Waals surface area contributed by atoms with E-state index < -0.39 is 0 Å². The lowest BCUT2D eigenvalue weighted by atomic mass is 10.1. The van der Waals surface area contributed by atoms with Crippen molar-refractivity contribution in [2.45, 2.75) is 6.04 Å². The monoisotopic (exact) mass is 231 g/mol. The van der Waals surface area contributed by atoms with Gasteiger partial charge in [-0.2, -0.15) is 0 Å². The molecule has 1 heterocycles. The van der Waals surface area contributed by atoms with Crippen LogP contribution in [0.15, 0.2) is 18.2 Å². The second-order valence-electron chi connectivity index (χ2n) is 3.26. The first kappa shape index (κ1) is 10.2. The van der Waals surface area contributed by atoms with Gasteiger partial charge < -0.3 is 10.1 Å². The number of ether oxygens (including phenoxy) is 1. The minimum Gasteiger partial charge on any atom is -0.378 e. The van der Waals surface area contributed by atoms with Gasteiger partial charge in [0, 0.05) is 6.54 Å². The molecule has 1 N–H and O–H groups in total. The molecule has 1 unspecified atom stereocenters. The molecule has 1 atom stereocenters. The Morgan fingerprint density at radius 3 is 2.79 bits per heavy atom. The molecule has 1 saturated heterocycles. The van der Waals surface area contributed by atoms with E-state index in [0.717, 1.165) is 18.7 Å². The third-order valence-corrected chi connectivity index (χ3v) is 3.01. The number of rotatable bonds is 1. The number of morpholine rings is 1. The second-order valence-corrected chi connectivity index (χ2v) is 4.07. The lowest BCUT2D eigenvalue weighted by Gasteiger charge is -2.24. The van der Waals surface area contributed by atoms with E-state index in [2.05, 4.69) is 5.32 Å². The Bertz CT molecular complexity index is 324. The molecular weight excluding hydrogens is 221 g/mol. The summed E-state index contributed by atoms with van der Waals surface area (Å²) in [6.45, 7) is 2.35. The maximum atomic E-state index is 5.93. The standard InChI is InChI=1S/C10H11Cl2NO/c11-8-2-1-7(5-9(8)12)10-6-14-4-3-13-10/h1-2,5,10,13H,3-4,6H2. The van der Waals surface area contributed by atoms with Crippen molar-refractivity contribution in [1.82, 2.24) is 5.32 Å². The highest BCUT2D eigenvalue weighted by molar-refractivity contribution is 6.42. The van der Waals surface area contributed by atoms with Crippen LogP contribution in [0.25, 0.3) is 0 Å². The van der Waals surface area contributed by atoms with E-state index in [-0.39, 0.29) is 6.04 Å². The third kappa shape index (κ3) is 2.20. The molecule has 0 bridgehead atoms. The van der Waals surface area contributed by atoms with Gasteiger partial charge in [-0.05, 0) is 17.7 Å². The minimum absolute atomic E-state index is 0.235. The molecule has 76 valence electrons. The fourth-order valence-corrected chi connectivity index (χ4v) is 1.82. The van der Waals surface area contributed by atoms with Gasteiger partial charge in [-0.15, -0.1) is 0 Å². The minimum atomic E-state index is 0.235. The zero-order valence-corrected chi connectivity index (χ0v) is 9.11. The molecule has 14 heavy (non-hydrogen) atoms. The number of hydrogen-bond acceptors (Lipinski definition) is 2. The molecule has 4 heteroatoms. The van der Waals surface area contributed by atoms with Crippen LogP contribution in [0.5, 0.6) is 0 Å². The van der Waals surface area contributed by atoms with Crippen LogP contribution in [-0.2, 0) is 4.74 Å². The van der Waals surface area contributed by atoms with E-state index in [0.29, 0.717) is 16.7 Å². The average molecular weight is 232 g/mol. The Morgan fingerprint density at radius 1 is 1.29 bits per heavy atom. The molecule has 1 aliphatic rings. The molecule has 2 nitrogen and oxygen atoms in total. The Morgan fingerprint density at radius 2 is 2.14 bits per heavy atom. The van der Waals surface area contributed by atoms with Crippen LogP contribution < -0.4 is 5.32 Å². The maximum absolute atomic E-state index is 5.93. The Kier molecular flexibility index (Phi) is 3.29. The van der Waals surface area contributed by atoms with Crippen LogP contribution in [0.1, 0.15) is 11.6 Å². The summed E-state index contributed by atoms with van der Waals surface area (Å²) in [5.41, 5.74) is 1.12. The molecule has 1 aromatic carbocycles. The van der Waals surface area contributed by atoms with E-state index in [1.165, 1.54) is 0 Å². The topological polar surface area (TPSA) is 21.3 Å². The molecule has 0 radical (unpaired) electrons. The van der Waals surface area contributed by atoms with Crippen LogP contribution in [0, 0.1) is 0 Å². The summed E-state index contributed by atoms with van der Waals surface area (Å²) < 4.78 is 5.37. The fourth-order valence-electron chi connectivity index (χ4n) is 1.51. The summed E-state index contributed by atoms with van der Waals surface area (Å²) >= 11 is 11.8. The van der Waals surface area contributed by atoms with Crippen molar-refractivity contribution in [3.63, 3.8) is 0 Å². The number of benzene rings is 1. The van der Waals surface area contributed by atoms with Gasteiger partial charge in [-0.1, -0.05) is 29.3 Å². The molecule has 1 aliphatic heterocycles. The van der Waals surface area contributed by atoms with Crippen LogP contribution in [-0.4, -0.2) is 19.8 Å². The lowest BCUT2D eigenvalue weighted by molar-refractivity contribution is 0.0769. The smallest absolute Gasteiger partial charge is 0.0662 e. The summed E-state index contributed by atoms with van der Waals surface area (Å²) in [6.07, 6.45) is 0. The van der Waals surface area contributed by atoms with Crippen molar-refractivity contribution in [1.29, 1.82) is 0 Å². The maximum Gasteiger partial charge on any atom is 0.0662 e. The van der Waals surface area contributed by atoms with E-state index in [9.17, 15) is 0 Å². The van der Waals surface area contributed by atoms with E-state index in [1.54, 1.807) is 0 Å². The highest BCUT2D eigenvalue weighted by Crippen LogP contribution is 2.26. The SMILES string of the molecule is Clc1ccc(C2COCCN2)cc1Cl. The Hall–Kier alpha value is -0.280. The van der Waals surface area contributed by atoms with Gasteiger partial charge >= 0.3 is 0 Å². The van der Waals surface area contributed by atoms with Crippen LogP contribution >= 0.6 is 23.2 Å². The van der Waals surface area contributed by atoms with Crippen molar-refractivity contribution in [3.8, 4) is 0 Å². The Labute approximate surface area is 93.2 Å². The Balaban J connectivity index is 2.18. The fraction of sp³-hybridized carbons (Fsp3) is 0.400. The zero-order chi connectivity index (χ0) is 9.97. The van der Waals surface area contributed by atoms with Gasteiger partial charge in [0.2, 0.25) is 0 Å². The summed E-state index contributed by atoms with van der Waals surface area (Å²) in [5.74, 6) is 0. The first-order chi connectivity index (χ1) is 6.77. The van der Waals surface area contributed by atoms with Gasteiger partial charge in [0.15, 0.2) is 0 Å². The normalized spacial score (nSPS) is 22.3. The van der Waals surface area contributed by atoms with Gasteiger partial charge in [0.1, 0.15) is 0 Å². The third-order valence-electron chi connectivity index (χ3n) is 2.27. The molecule has 2 rings (SSSR count). The molecule has 1 aromatic rings. The molecular formula is C10H11Cl2NO. The van der Waals surface area contributed by atoms with Crippen LogP contribution in [0.3, 0.4) is 0 Å². The highest BCUT2D eigenvalue weighted by Gasteiger charge is 2.15. The van der Waals surface area contributed by atoms with Gasteiger partial charge in [0.25, 0.3) is 0 Å². The average Bonchev–Trinajstić information content (AvgIpc) is 2.23. The number of hydrogen-bond donors (Lipinski definition) is 1. The first-order valence-electron chi connectivity index (χ1n) is 4.53. The molecule has 0 aromatic heterocycles. The van der Waals surface area contributed by atoms with Gasteiger partial charge in [-0.25, -0.2) is 0 Å².